The van der Waals surface area contributed by atoms with Crippen molar-refractivity contribution in [3.63, 3.8) is 0 Å². The summed E-state index contributed by atoms with van der Waals surface area (Å²) in [5.41, 5.74) is 1.82. The zero-order valence-electron chi connectivity index (χ0n) is 12.5. The van der Waals surface area contributed by atoms with Gasteiger partial charge < -0.3 is 11.3 Å². The molecule has 0 N–H and O–H groups in total. The number of epoxide rings is 1. The molecule has 1 heterocycles. The number of fused-ring (bicyclic) bond motifs is 1. The van der Waals surface area contributed by atoms with Crippen LogP contribution in [-0.4, -0.2) is 12.7 Å². The van der Waals surface area contributed by atoms with E-state index >= 15 is 0 Å². The van der Waals surface area contributed by atoms with E-state index < -0.39 is 0 Å². The van der Waals surface area contributed by atoms with Gasteiger partial charge in [0.25, 0.3) is 0 Å². The van der Waals surface area contributed by atoms with Crippen LogP contribution < -0.4 is 0 Å². The molecule has 5 atom stereocenters. The minimum Gasteiger partial charge on any atom is -0.514 e. The van der Waals surface area contributed by atoms with Crippen LogP contribution in [0.25, 0.3) is 0 Å². The summed E-state index contributed by atoms with van der Waals surface area (Å²) in [5.74, 6) is 2.45. The fourth-order valence-corrected chi connectivity index (χ4v) is 4.90. The molecular formula is C17H27OY-. The maximum atomic E-state index is 6.30. The first kappa shape index (κ1) is 16.2. The van der Waals surface area contributed by atoms with Crippen LogP contribution in [0.1, 0.15) is 58.8 Å². The Labute approximate surface area is 143 Å². The maximum absolute atomic E-state index is 6.30. The van der Waals surface area contributed by atoms with Crippen LogP contribution >= 0.6 is 0 Å². The van der Waals surface area contributed by atoms with Gasteiger partial charge in [0.05, 0.1) is 12.7 Å². The number of hydrogen-bond donors (Lipinski definition) is 0. The number of rotatable bonds is 4. The molecule has 19 heavy (non-hydrogen) atoms. The van der Waals surface area contributed by atoms with Gasteiger partial charge in [-0.3, -0.25) is 5.57 Å². The van der Waals surface area contributed by atoms with Crippen molar-refractivity contribution in [1.82, 2.24) is 0 Å². The molecule has 0 spiro atoms. The molecule has 3 unspecified atom stereocenters. The van der Waals surface area contributed by atoms with E-state index in [4.69, 9.17) is 11.3 Å². The fourth-order valence-electron chi connectivity index (χ4n) is 4.90. The van der Waals surface area contributed by atoms with Crippen molar-refractivity contribution >= 4 is 0 Å². The average molecular weight is 336 g/mol. The van der Waals surface area contributed by atoms with Crippen molar-refractivity contribution in [1.29, 1.82) is 0 Å². The minimum atomic E-state index is 0. The molecule has 2 heteroatoms. The summed E-state index contributed by atoms with van der Waals surface area (Å²) >= 11 is 0. The van der Waals surface area contributed by atoms with Gasteiger partial charge in [0.1, 0.15) is 0 Å². The van der Waals surface area contributed by atoms with E-state index in [0.717, 1.165) is 24.4 Å². The first-order chi connectivity index (χ1) is 8.61. The zero-order chi connectivity index (χ0) is 12.8. The van der Waals surface area contributed by atoms with Gasteiger partial charge in [-0.1, -0.05) is 26.7 Å². The van der Waals surface area contributed by atoms with Gasteiger partial charge in [0, 0.05) is 32.7 Å². The van der Waals surface area contributed by atoms with Crippen LogP contribution in [0.4, 0.5) is 0 Å². The zero-order valence-corrected chi connectivity index (χ0v) is 15.4. The van der Waals surface area contributed by atoms with Crippen LogP contribution in [0.2, 0.25) is 0 Å². The quantitative estimate of drug-likeness (QED) is 0.548. The van der Waals surface area contributed by atoms with Gasteiger partial charge in [0.2, 0.25) is 0 Å². The Morgan fingerprint density at radius 3 is 2.84 bits per heavy atom. The summed E-state index contributed by atoms with van der Waals surface area (Å²) in [6.07, 6.45) is 9.85. The van der Waals surface area contributed by atoms with Crippen molar-refractivity contribution in [2.24, 2.45) is 23.2 Å². The first-order valence-corrected chi connectivity index (χ1v) is 7.84. The molecule has 1 nitrogen and oxygen atoms in total. The van der Waals surface area contributed by atoms with Gasteiger partial charge in [-0.05, 0) is 55.3 Å². The third-order valence-electron chi connectivity index (χ3n) is 6.07. The Morgan fingerprint density at radius 2 is 2.16 bits per heavy atom. The van der Waals surface area contributed by atoms with Crippen molar-refractivity contribution in [2.75, 3.05) is 6.61 Å². The molecule has 3 aliphatic rings. The molecular weight excluding hydrogens is 309 g/mol. The van der Waals surface area contributed by atoms with E-state index in [2.05, 4.69) is 13.8 Å². The molecule has 0 bridgehead atoms. The Bertz CT molecular complexity index is 336. The Hall–Kier alpha value is 0.804. The predicted molar refractivity (Wildman–Crippen MR) is 74.1 cm³/mol. The molecule has 3 fully saturated rings. The summed E-state index contributed by atoms with van der Waals surface area (Å²) in [7, 11) is 0. The van der Waals surface area contributed by atoms with E-state index in [1.54, 1.807) is 0 Å². The number of allylic oxidation sites excluding steroid dienone is 1. The van der Waals surface area contributed by atoms with Crippen LogP contribution in [0.5, 0.6) is 0 Å². The summed E-state index contributed by atoms with van der Waals surface area (Å²) in [5, 5.41) is 0. The normalized spacial score (nSPS) is 42.4. The van der Waals surface area contributed by atoms with Crippen molar-refractivity contribution in [3.05, 3.63) is 12.2 Å². The van der Waals surface area contributed by atoms with Crippen molar-refractivity contribution in [2.45, 2.75) is 64.9 Å². The minimum absolute atomic E-state index is 0. The third-order valence-corrected chi connectivity index (χ3v) is 6.07. The molecule has 105 valence electrons. The average Bonchev–Trinajstić information content (AvgIpc) is 3.08. The van der Waals surface area contributed by atoms with Crippen LogP contribution in [0.15, 0.2) is 5.57 Å². The topological polar surface area (TPSA) is 12.5 Å². The van der Waals surface area contributed by atoms with Gasteiger partial charge in [-0.15, -0.1) is 0 Å². The van der Waals surface area contributed by atoms with Crippen LogP contribution in [-0.2, 0) is 37.4 Å². The maximum Gasteiger partial charge on any atom is 0.0810 e. The van der Waals surface area contributed by atoms with Crippen molar-refractivity contribution in [3.8, 4) is 0 Å². The van der Waals surface area contributed by atoms with E-state index in [1.165, 1.54) is 50.5 Å². The van der Waals surface area contributed by atoms with Crippen LogP contribution in [0, 0.1) is 29.7 Å². The number of ether oxygens (including phenoxy) is 1. The molecule has 0 amide bonds. The van der Waals surface area contributed by atoms with Gasteiger partial charge in [0.15, 0.2) is 0 Å². The second-order valence-corrected chi connectivity index (χ2v) is 7.18. The molecule has 1 aliphatic heterocycles. The first-order valence-electron chi connectivity index (χ1n) is 7.84. The Morgan fingerprint density at radius 1 is 1.42 bits per heavy atom. The summed E-state index contributed by atoms with van der Waals surface area (Å²) in [4.78, 5) is 0. The number of hydrogen-bond acceptors (Lipinski definition) is 1. The third kappa shape index (κ3) is 3.19. The van der Waals surface area contributed by atoms with Gasteiger partial charge >= 0.3 is 0 Å². The molecule has 2 aliphatic carbocycles. The fraction of sp³-hybridized carbons (Fsp3) is 0.882. The van der Waals surface area contributed by atoms with E-state index in [1.807, 2.05) is 0 Å². The van der Waals surface area contributed by atoms with Gasteiger partial charge in [-0.25, -0.2) is 0 Å². The molecule has 0 aromatic rings. The van der Waals surface area contributed by atoms with E-state index in [0.29, 0.717) is 11.5 Å². The predicted octanol–water partition coefficient (Wildman–Crippen LogP) is 4.37. The smallest absolute Gasteiger partial charge is 0.0810 e. The molecule has 1 saturated heterocycles. The summed E-state index contributed by atoms with van der Waals surface area (Å²) in [6, 6.07) is 0. The molecule has 2 saturated carbocycles. The molecule has 3 rings (SSSR count). The largest absolute Gasteiger partial charge is 0.514 e. The van der Waals surface area contributed by atoms with Gasteiger partial charge in [-0.2, -0.15) is 0 Å². The van der Waals surface area contributed by atoms with Crippen LogP contribution in [0.3, 0.4) is 0 Å². The SMILES string of the molecule is [CH-]=C1CCC[C@@]2(C)C1CC[C@@H]2C(C)CCC1CO1.[Y]. The monoisotopic (exact) mass is 336 g/mol. The van der Waals surface area contributed by atoms with E-state index in [-0.39, 0.29) is 32.7 Å². The Kier molecular flexibility index (Phi) is 5.35. The Balaban J connectivity index is 0.00000133. The molecule has 0 aromatic carbocycles. The van der Waals surface area contributed by atoms with Crippen molar-refractivity contribution < 1.29 is 37.4 Å². The summed E-state index contributed by atoms with van der Waals surface area (Å²) < 4.78 is 5.35. The standard InChI is InChI=1S/C17H27O.Y/c1-12-5-4-10-17(3)15(12)8-9-16(17)13(2)6-7-14-11-18-14;/h1,13-16H,4-11H2,2-3H3;/q-1;/t13?,14?,15?,16-,17+;/m1./s1. The van der Waals surface area contributed by atoms with E-state index in [9.17, 15) is 0 Å². The molecule has 1 radical (unpaired) electrons. The molecule has 0 aromatic heterocycles. The second kappa shape index (κ2) is 6.28. The summed E-state index contributed by atoms with van der Waals surface area (Å²) in [6.45, 7) is 12.3. The second-order valence-electron chi connectivity index (χ2n) is 7.18.